The van der Waals surface area contributed by atoms with Crippen LogP contribution in [0.3, 0.4) is 0 Å². The molecule has 1 aromatic carbocycles. The zero-order valence-corrected chi connectivity index (χ0v) is 13.5. The Morgan fingerprint density at radius 2 is 1.90 bits per heavy atom. The minimum Gasteiger partial charge on any atom is -0.398 e. The van der Waals surface area contributed by atoms with Crippen molar-refractivity contribution in [1.29, 1.82) is 0 Å². The number of sulfonamides is 1. The SMILES string of the molecule is Cc1cc(N)c(S(=O)(=O)NCC2CC3CCC2C3)cc1C. The van der Waals surface area contributed by atoms with Gasteiger partial charge in [0, 0.05) is 6.54 Å². The minimum atomic E-state index is -3.51. The van der Waals surface area contributed by atoms with Gasteiger partial charge < -0.3 is 5.73 Å². The smallest absolute Gasteiger partial charge is 0.242 e. The second-order valence-corrected chi connectivity index (χ2v) is 8.50. The van der Waals surface area contributed by atoms with Crippen molar-refractivity contribution in [2.45, 2.75) is 44.4 Å². The maximum Gasteiger partial charge on any atom is 0.242 e. The van der Waals surface area contributed by atoms with Crippen molar-refractivity contribution in [1.82, 2.24) is 4.72 Å². The molecule has 0 aromatic heterocycles. The van der Waals surface area contributed by atoms with E-state index in [4.69, 9.17) is 5.73 Å². The van der Waals surface area contributed by atoms with E-state index in [1.54, 1.807) is 12.1 Å². The van der Waals surface area contributed by atoms with Crippen LogP contribution in [0, 0.1) is 31.6 Å². The second kappa shape index (κ2) is 5.29. The van der Waals surface area contributed by atoms with Gasteiger partial charge in [-0.15, -0.1) is 0 Å². The summed E-state index contributed by atoms with van der Waals surface area (Å²) in [6.07, 6.45) is 5.06. The van der Waals surface area contributed by atoms with Gasteiger partial charge in [-0.2, -0.15) is 0 Å². The molecule has 116 valence electrons. The summed E-state index contributed by atoms with van der Waals surface area (Å²) in [4.78, 5) is 0.216. The summed E-state index contributed by atoms with van der Waals surface area (Å²) in [6.45, 7) is 4.39. The van der Waals surface area contributed by atoms with E-state index in [1.807, 2.05) is 13.8 Å². The molecule has 0 saturated heterocycles. The molecule has 0 radical (unpaired) electrons. The number of anilines is 1. The van der Waals surface area contributed by atoms with Crippen LogP contribution in [-0.4, -0.2) is 15.0 Å². The molecule has 2 aliphatic carbocycles. The van der Waals surface area contributed by atoms with Crippen LogP contribution in [0.15, 0.2) is 17.0 Å². The van der Waals surface area contributed by atoms with Gasteiger partial charge in [0.25, 0.3) is 0 Å². The van der Waals surface area contributed by atoms with E-state index in [0.29, 0.717) is 18.2 Å². The fourth-order valence-electron chi connectivity index (χ4n) is 3.97. The standard InChI is InChI=1S/C16H24N2O2S/c1-10-5-15(17)16(6-11(10)2)21(19,20)18-9-14-8-12-3-4-13(14)7-12/h5-6,12-14,18H,3-4,7-9,17H2,1-2H3. The summed E-state index contributed by atoms with van der Waals surface area (Å²) in [6, 6.07) is 3.41. The maximum absolute atomic E-state index is 12.5. The number of benzene rings is 1. The first-order valence-corrected chi connectivity index (χ1v) is 9.21. The second-order valence-electron chi connectivity index (χ2n) is 6.76. The van der Waals surface area contributed by atoms with Gasteiger partial charge in [0.05, 0.1) is 5.69 Å². The van der Waals surface area contributed by atoms with Gasteiger partial charge in [-0.05, 0) is 74.1 Å². The quantitative estimate of drug-likeness (QED) is 0.840. The fourth-order valence-corrected chi connectivity index (χ4v) is 5.26. The first kappa shape index (κ1) is 14.9. The number of fused-ring (bicyclic) bond motifs is 2. The summed E-state index contributed by atoms with van der Waals surface area (Å²) in [5, 5.41) is 0. The largest absolute Gasteiger partial charge is 0.398 e. The molecule has 2 aliphatic rings. The molecule has 2 bridgehead atoms. The molecule has 1 aromatic rings. The molecule has 2 fully saturated rings. The van der Waals surface area contributed by atoms with Gasteiger partial charge >= 0.3 is 0 Å². The Balaban J connectivity index is 1.74. The predicted octanol–water partition coefficient (Wildman–Crippen LogP) is 2.60. The zero-order chi connectivity index (χ0) is 15.2. The molecule has 2 saturated carbocycles. The van der Waals surface area contributed by atoms with Gasteiger partial charge in [0.2, 0.25) is 10.0 Å². The van der Waals surface area contributed by atoms with Crippen LogP contribution >= 0.6 is 0 Å². The monoisotopic (exact) mass is 308 g/mol. The summed E-state index contributed by atoms with van der Waals surface area (Å²) >= 11 is 0. The molecule has 3 rings (SSSR count). The number of rotatable bonds is 4. The highest BCUT2D eigenvalue weighted by Crippen LogP contribution is 2.48. The lowest BCUT2D eigenvalue weighted by Gasteiger charge is -2.22. The van der Waals surface area contributed by atoms with Crippen molar-refractivity contribution in [3.63, 3.8) is 0 Å². The normalized spacial score (nSPS) is 28.2. The van der Waals surface area contributed by atoms with Crippen LogP contribution < -0.4 is 10.5 Å². The number of nitrogens with one attached hydrogen (secondary N) is 1. The molecule has 5 heteroatoms. The average molecular weight is 308 g/mol. The molecule has 0 heterocycles. The van der Waals surface area contributed by atoms with Crippen molar-refractivity contribution < 1.29 is 8.42 Å². The highest BCUT2D eigenvalue weighted by Gasteiger charge is 2.39. The van der Waals surface area contributed by atoms with Crippen molar-refractivity contribution in [2.24, 2.45) is 17.8 Å². The number of nitrogens with two attached hydrogens (primary N) is 1. The highest BCUT2D eigenvalue weighted by atomic mass is 32.2. The van der Waals surface area contributed by atoms with Crippen molar-refractivity contribution >= 4 is 15.7 Å². The molecule has 0 amide bonds. The van der Waals surface area contributed by atoms with Crippen molar-refractivity contribution in [3.8, 4) is 0 Å². The minimum absolute atomic E-state index is 0.216. The van der Waals surface area contributed by atoms with Crippen molar-refractivity contribution in [3.05, 3.63) is 23.3 Å². The van der Waals surface area contributed by atoms with E-state index in [2.05, 4.69) is 4.72 Å². The Labute approximate surface area is 127 Å². The van der Waals surface area contributed by atoms with Crippen LogP contribution in [0.25, 0.3) is 0 Å². The van der Waals surface area contributed by atoms with E-state index in [0.717, 1.165) is 23.0 Å². The lowest BCUT2D eigenvalue weighted by Crippen LogP contribution is -2.32. The number of hydrogen-bond acceptors (Lipinski definition) is 3. The van der Waals surface area contributed by atoms with Gasteiger partial charge in [0.1, 0.15) is 4.90 Å². The zero-order valence-electron chi connectivity index (χ0n) is 12.7. The molecule has 3 N–H and O–H groups in total. The first-order valence-electron chi connectivity index (χ1n) is 7.73. The van der Waals surface area contributed by atoms with E-state index in [1.165, 1.54) is 25.7 Å². The summed E-state index contributed by atoms with van der Waals surface area (Å²) in [5.74, 6) is 2.05. The van der Waals surface area contributed by atoms with Gasteiger partial charge in [0.15, 0.2) is 0 Å². The van der Waals surface area contributed by atoms with Gasteiger partial charge in [-0.1, -0.05) is 6.42 Å². The van der Waals surface area contributed by atoms with Gasteiger partial charge in [-0.3, -0.25) is 0 Å². The summed E-state index contributed by atoms with van der Waals surface area (Å²) in [5.41, 5.74) is 8.20. The topological polar surface area (TPSA) is 72.2 Å². The van der Waals surface area contributed by atoms with Crippen LogP contribution in [0.1, 0.15) is 36.8 Å². The fraction of sp³-hybridized carbons (Fsp3) is 0.625. The summed E-state index contributed by atoms with van der Waals surface area (Å²) < 4.78 is 27.8. The lowest BCUT2D eigenvalue weighted by atomic mass is 9.89. The number of aryl methyl sites for hydroxylation is 2. The molecule has 21 heavy (non-hydrogen) atoms. The molecular formula is C16H24N2O2S. The average Bonchev–Trinajstić information content (AvgIpc) is 3.03. The lowest BCUT2D eigenvalue weighted by molar-refractivity contribution is 0.333. The highest BCUT2D eigenvalue weighted by molar-refractivity contribution is 7.89. The third kappa shape index (κ3) is 2.81. The van der Waals surface area contributed by atoms with E-state index < -0.39 is 10.0 Å². The number of nitrogen functional groups attached to an aromatic ring is 1. The van der Waals surface area contributed by atoms with E-state index in [9.17, 15) is 8.42 Å². The van der Waals surface area contributed by atoms with Crippen LogP contribution in [0.2, 0.25) is 0 Å². The third-order valence-electron chi connectivity index (χ3n) is 5.34. The van der Waals surface area contributed by atoms with Crippen LogP contribution in [0.4, 0.5) is 5.69 Å². The first-order chi connectivity index (χ1) is 9.87. The predicted molar refractivity (Wildman–Crippen MR) is 84.5 cm³/mol. The number of hydrogen-bond donors (Lipinski definition) is 2. The van der Waals surface area contributed by atoms with Crippen LogP contribution in [0.5, 0.6) is 0 Å². The van der Waals surface area contributed by atoms with Gasteiger partial charge in [-0.25, -0.2) is 13.1 Å². The van der Waals surface area contributed by atoms with E-state index in [-0.39, 0.29) is 4.90 Å². The summed E-state index contributed by atoms with van der Waals surface area (Å²) in [7, 11) is -3.51. The molecule has 3 unspecified atom stereocenters. The molecule has 4 nitrogen and oxygen atoms in total. The Morgan fingerprint density at radius 3 is 2.52 bits per heavy atom. The molecule has 3 atom stereocenters. The molecule has 0 aliphatic heterocycles. The third-order valence-corrected chi connectivity index (χ3v) is 6.82. The Morgan fingerprint density at radius 1 is 1.19 bits per heavy atom. The Hall–Kier alpha value is -1.07. The van der Waals surface area contributed by atoms with Crippen molar-refractivity contribution in [2.75, 3.05) is 12.3 Å². The van der Waals surface area contributed by atoms with E-state index >= 15 is 0 Å². The Kier molecular flexibility index (Phi) is 3.74. The Bertz CT molecular complexity index is 654. The molecular weight excluding hydrogens is 284 g/mol. The van der Waals surface area contributed by atoms with Crippen LogP contribution in [-0.2, 0) is 10.0 Å². The molecule has 0 spiro atoms. The maximum atomic E-state index is 12.5.